The number of halogens is 5. The Bertz CT molecular complexity index is 2020. The van der Waals surface area contributed by atoms with Gasteiger partial charge in [-0.05, 0) is 74.0 Å². The second kappa shape index (κ2) is 15.4. The summed E-state index contributed by atoms with van der Waals surface area (Å²) in [5.41, 5.74) is -1.98. The van der Waals surface area contributed by atoms with Crippen LogP contribution in [0.25, 0.3) is 10.6 Å². The van der Waals surface area contributed by atoms with Crippen molar-refractivity contribution in [1.82, 2.24) is 10.2 Å². The van der Waals surface area contributed by atoms with E-state index in [2.05, 4.69) is 32.2 Å². The molecule has 5 rings (SSSR count). The highest BCUT2D eigenvalue weighted by molar-refractivity contribution is 9.10. The Morgan fingerprint density at radius 2 is 1.65 bits per heavy atom. The van der Waals surface area contributed by atoms with E-state index in [4.69, 9.17) is 37.0 Å². The van der Waals surface area contributed by atoms with Crippen molar-refractivity contribution in [3.63, 3.8) is 0 Å². The molecule has 0 atom stereocenters. The molecule has 0 aliphatic carbocycles. The number of ether oxygens (including phenoxy) is 1. The van der Waals surface area contributed by atoms with Gasteiger partial charge in [0, 0.05) is 21.3 Å². The normalized spacial score (nSPS) is 11.7. The lowest BCUT2D eigenvalue weighted by Crippen LogP contribution is -2.20. The number of benzene rings is 4. The first-order valence-electron chi connectivity index (χ1n) is 14.4. The molecule has 0 aliphatic rings. The minimum Gasteiger partial charge on any atom is -0.457 e. The van der Waals surface area contributed by atoms with E-state index in [9.17, 15) is 9.83 Å². The lowest BCUT2D eigenvalue weighted by Gasteiger charge is -2.27. The number of alkyl halides is 2. The monoisotopic (exact) mass is 792 g/mol. The molecular weight excluding hydrogens is 768 g/mol. The third kappa shape index (κ3) is 7.90. The van der Waals surface area contributed by atoms with E-state index in [0.717, 1.165) is 5.56 Å². The summed E-state index contributed by atoms with van der Waals surface area (Å²) in [5.74, 6) is 1.06. The van der Waals surface area contributed by atoms with Gasteiger partial charge < -0.3 is 18.7 Å². The van der Waals surface area contributed by atoms with Crippen molar-refractivity contribution in [2.45, 2.75) is 26.1 Å². The van der Waals surface area contributed by atoms with Crippen LogP contribution in [0.15, 0.2) is 89.4 Å². The molecule has 0 saturated heterocycles. The second-order valence-corrected chi connectivity index (χ2v) is 14.7. The molecule has 8 nitrogen and oxygen atoms in total. The highest BCUT2D eigenvalue weighted by Gasteiger charge is 2.55. The van der Waals surface area contributed by atoms with Gasteiger partial charge in [-0.15, -0.1) is 10.2 Å². The van der Waals surface area contributed by atoms with Crippen molar-refractivity contribution in [2.24, 2.45) is 0 Å². The van der Waals surface area contributed by atoms with Crippen molar-refractivity contribution in [1.29, 1.82) is 5.26 Å². The van der Waals surface area contributed by atoms with Crippen LogP contribution in [0.2, 0.25) is 10.0 Å². The zero-order valence-electron chi connectivity index (χ0n) is 25.4. The lowest BCUT2D eigenvalue weighted by molar-refractivity contribution is 0.0354. The maximum Gasteiger partial charge on any atom is 0.404 e. The third-order valence-corrected chi connectivity index (χ3v) is 11.3. The zero-order chi connectivity index (χ0) is 34.5. The van der Waals surface area contributed by atoms with Gasteiger partial charge in [-0.25, -0.2) is 0 Å². The zero-order valence-corrected chi connectivity index (χ0v) is 30.2. The summed E-state index contributed by atoms with van der Waals surface area (Å²) >= 11 is 17.1. The van der Waals surface area contributed by atoms with Gasteiger partial charge in [0.2, 0.25) is 5.13 Å². The van der Waals surface area contributed by atoms with Crippen LogP contribution in [0.1, 0.15) is 30.5 Å². The fourth-order valence-electron chi connectivity index (χ4n) is 4.59. The average Bonchev–Trinajstić information content (AvgIpc) is 3.55. The van der Waals surface area contributed by atoms with Gasteiger partial charge >= 0.3 is 13.3 Å². The summed E-state index contributed by atoms with van der Waals surface area (Å²) in [5, 5.41) is 19.8. The Balaban J connectivity index is 1.47. The molecule has 1 aromatic heterocycles. The van der Waals surface area contributed by atoms with Crippen LogP contribution in [0.4, 0.5) is 19.6 Å². The molecule has 15 heteroatoms. The molecule has 0 unspecified atom stereocenters. The predicted molar refractivity (Wildman–Crippen MR) is 188 cm³/mol. The highest BCUT2D eigenvalue weighted by atomic mass is 79.9. The Morgan fingerprint density at radius 3 is 2.31 bits per heavy atom. The van der Waals surface area contributed by atoms with E-state index in [1.165, 1.54) is 43.4 Å². The summed E-state index contributed by atoms with van der Waals surface area (Å²) < 4.78 is 60.1. The number of hydrogen-bond donors (Lipinski definition) is 0. The van der Waals surface area contributed by atoms with Gasteiger partial charge in [0.1, 0.15) is 16.5 Å². The average molecular weight is 794 g/mol. The standard InChI is InChI=1S/C33H26BrCl2F2N4O4PS/c1-3-44-47(43,45-4-2)33(37,38)27-13-11-22(16-28(27)34)20-42(24-12-14-29(35)30(36)18-24)32-41-40-31(48-32)23-8-6-10-26(17-23)46-25-9-5-7-21(15-25)19-39/h5-18H,3-4,20H2,1-2H3. The van der Waals surface area contributed by atoms with E-state index < -0.39 is 18.8 Å². The molecule has 0 N–H and O–H groups in total. The van der Waals surface area contributed by atoms with E-state index in [0.29, 0.717) is 48.5 Å². The number of nitrogens with zero attached hydrogens (tertiary/aromatic N) is 4. The maximum atomic E-state index is 15.6. The summed E-state index contributed by atoms with van der Waals surface area (Å²) in [7, 11) is -4.81. The van der Waals surface area contributed by atoms with Gasteiger partial charge in [0.15, 0.2) is 0 Å². The van der Waals surface area contributed by atoms with Crippen LogP contribution >= 0.6 is 58.1 Å². The van der Waals surface area contributed by atoms with E-state index in [1.54, 1.807) is 48.5 Å². The van der Waals surface area contributed by atoms with E-state index >= 15 is 8.78 Å². The highest BCUT2D eigenvalue weighted by Crippen LogP contribution is 2.67. The van der Waals surface area contributed by atoms with Gasteiger partial charge in [0.25, 0.3) is 0 Å². The Labute approximate surface area is 298 Å². The number of aromatic nitrogens is 2. The predicted octanol–water partition coefficient (Wildman–Crippen LogP) is 11.6. The van der Waals surface area contributed by atoms with Crippen molar-refractivity contribution in [3.8, 4) is 28.1 Å². The second-order valence-electron chi connectivity index (χ2n) is 10.0. The molecule has 5 aromatic rings. The summed E-state index contributed by atoms with van der Waals surface area (Å²) in [4.78, 5) is 1.82. The van der Waals surface area contributed by atoms with E-state index in [1.807, 2.05) is 23.1 Å². The lowest BCUT2D eigenvalue weighted by atomic mass is 10.1. The SMILES string of the molecule is CCOP(=O)(OCC)C(F)(F)c1ccc(CN(c2ccc(Cl)c(Cl)c2)c2nnc(-c3cccc(Oc4cccc(C#N)c4)c3)s2)cc1Br. The molecule has 48 heavy (non-hydrogen) atoms. The maximum absolute atomic E-state index is 15.6. The van der Waals surface area contributed by atoms with Crippen molar-refractivity contribution < 1.29 is 27.1 Å². The van der Waals surface area contributed by atoms with Gasteiger partial charge in [0.05, 0.1) is 41.4 Å². The van der Waals surface area contributed by atoms with Crippen LogP contribution in [-0.4, -0.2) is 23.4 Å². The summed E-state index contributed by atoms with van der Waals surface area (Å²) in [6.07, 6.45) is 0. The number of anilines is 2. The van der Waals surface area contributed by atoms with Gasteiger partial charge in [-0.1, -0.05) is 80.8 Å². The number of rotatable bonds is 13. The molecule has 1 heterocycles. The molecule has 0 spiro atoms. The van der Waals surface area contributed by atoms with Crippen LogP contribution in [-0.2, 0) is 25.8 Å². The Kier molecular flexibility index (Phi) is 11.5. The van der Waals surface area contributed by atoms with Gasteiger partial charge in [-0.2, -0.15) is 14.0 Å². The van der Waals surface area contributed by atoms with Crippen LogP contribution in [0.5, 0.6) is 11.5 Å². The van der Waals surface area contributed by atoms with Crippen molar-refractivity contribution in [3.05, 3.63) is 116 Å². The number of hydrogen-bond acceptors (Lipinski definition) is 9. The van der Waals surface area contributed by atoms with Crippen LogP contribution < -0.4 is 9.64 Å². The van der Waals surface area contributed by atoms with Crippen LogP contribution in [0.3, 0.4) is 0 Å². The molecule has 0 aliphatic heterocycles. The molecule has 248 valence electrons. The first-order chi connectivity index (χ1) is 23.0. The number of nitriles is 1. The van der Waals surface area contributed by atoms with E-state index in [-0.39, 0.29) is 24.2 Å². The Hall–Kier alpha value is -3.40. The molecule has 0 amide bonds. The first-order valence-corrected chi connectivity index (χ1v) is 18.3. The van der Waals surface area contributed by atoms with Crippen LogP contribution in [0, 0.1) is 11.3 Å². The van der Waals surface area contributed by atoms with Gasteiger partial charge in [-0.3, -0.25) is 4.57 Å². The summed E-state index contributed by atoms with van der Waals surface area (Å²) in [6.45, 7) is 2.69. The largest absolute Gasteiger partial charge is 0.457 e. The van der Waals surface area contributed by atoms with Crippen molar-refractivity contribution in [2.75, 3.05) is 18.1 Å². The molecular formula is C33H26BrCl2F2N4O4PS. The Morgan fingerprint density at radius 1 is 0.938 bits per heavy atom. The fourth-order valence-corrected chi connectivity index (χ4v) is 8.14. The third-order valence-electron chi connectivity index (χ3n) is 6.78. The summed E-state index contributed by atoms with van der Waals surface area (Å²) in [6, 6.07) is 25.5. The first kappa shape index (κ1) is 35.9. The molecule has 0 radical (unpaired) electrons. The molecule has 0 fully saturated rings. The molecule has 0 bridgehead atoms. The molecule has 4 aromatic carbocycles. The quantitative estimate of drug-likeness (QED) is 0.109. The minimum atomic E-state index is -4.81. The minimum absolute atomic E-state index is 0.0220. The molecule has 0 saturated carbocycles. The topological polar surface area (TPSA) is 97.6 Å². The van der Waals surface area contributed by atoms with Crippen molar-refractivity contribution >= 4 is 68.9 Å². The smallest absolute Gasteiger partial charge is 0.404 e. The fraction of sp³-hybridized carbons (Fsp3) is 0.182.